The number of Topliss-reactive ketones (excluding diaryl/α,β-unsaturated/α-hetero) is 2. The molecule has 0 radical (unpaired) electrons. The van der Waals surface area contributed by atoms with E-state index < -0.39 is 0 Å². The zero-order chi connectivity index (χ0) is 27.4. The Morgan fingerprint density at radius 2 is 1.42 bits per heavy atom. The number of ketones is 2. The van der Waals surface area contributed by atoms with Gasteiger partial charge in [-0.1, -0.05) is 64.1 Å². The van der Waals surface area contributed by atoms with Gasteiger partial charge in [0.25, 0.3) is 0 Å². The van der Waals surface area contributed by atoms with Gasteiger partial charge < -0.3 is 9.64 Å². The zero-order valence-corrected chi connectivity index (χ0v) is 24.9. The molecule has 5 rings (SSSR count). The van der Waals surface area contributed by atoms with Crippen LogP contribution in [0, 0.1) is 10.8 Å². The first-order valence-electron chi connectivity index (χ1n) is 13.7. The summed E-state index contributed by atoms with van der Waals surface area (Å²) < 4.78 is 6.81. The molecule has 2 aromatic rings. The minimum Gasteiger partial charge on any atom is -0.490 e. The van der Waals surface area contributed by atoms with Crippen molar-refractivity contribution >= 4 is 27.5 Å². The summed E-state index contributed by atoms with van der Waals surface area (Å²) in [6.07, 6.45) is 2.63. The van der Waals surface area contributed by atoms with Gasteiger partial charge in [-0.2, -0.15) is 0 Å². The molecule has 1 aliphatic heterocycles. The van der Waals surface area contributed by atoms with Crippen molar-refractivity contribution in [2.24, 2.45) is 10.8 Å². The molecule has 2 aliphatic carbocycles. The highest BCUT2D eigenvalue weighted by Gasteiger charge is 2.49. The molecule has 0 atom stereocenters. The lowest BCUT2D eigenvalue weighted by Crippen LogP contribution is -2.44. The summed E-state index contributed by atoms with van der Waals surface area (Å²) in [6.45, 7) is 13.4. The van der Waals surface area contributed by atoms with E-state index in [-0.39, 0.29) is 34.4 Å². The molecular weight excluding hydrogens is 538 g/mol. The summed E-state index contributed by atoms with van der Waals surface area (Å²) in [5, 5.41) is 0. The molecule has 200 valence electrons. The van der Waals surface area contributed by atoms with E-state index in [1.807, 2.05) is 38.1 Å². The SMILES string of the molecule is CC(C)Oc1ccc(C2C3=C(CC(C)(C)CC3=O)N(Cc3ccccc3)C3=C2C(=O)CC(C)(C)C3)cc1Br. The first kappa shape index (κ1) is 26.9. The maximum atomic E-state index is 14.0. The lowest BCUT2D eigenvalue weighted by molar-refractivity contribution is -0.119. The predicted octanol–water partition coefficient (Wildman–Crippen LogP) is 8.12. The van der Waals surface area contributed by atoms with Crippen molar-refractivity contribution in [1.29, 1.82) is 0 Å². The van der Waals surface area contributed by atoms with E-state index in [1.54, 1.807) is 0 Å². The topological polar surface area (TPSA) is 46.6 Å². The summed E-state index contributed by atoms with van der Waals surface area (Å²) in [4.78, 5) is 30.3. The van der Waals surface area contributed by atoms with Crippen molar-refractivity contribution in [3.8, 4) is 5.75 Å². The fourth-order valence-corrected chi connectivity index (χ4v) is 6.87. The Morgan fingerprint density at radius 3 is 1.92 bits per heavy atom. The van der Waals surface area contributed by atoms with Gasteiger partial charge in [-0.25, -0.2) is 0 Å². The number of nitrogens with zero attached hydrogens (tertiary/aromatic N) is 1. The maximum Gasteiger partial charge on any atom is 0.162 e. The average Bonchev–Trinajstić information content (AvgIpc) is 2.80. The van der Waals surface area contributed by atoms with Crippen molar-refractivity contribution in [2.75, 3.05) is 0 Å². The highest BCUT2D eigenvalue weighted by molar-refractivity contribution is 9.10. The van der Waals surface area contributed by atoms with Crippen molar-refractivity contribution in [3.05, 3.63) is 86.7 Å². The van der Waals surface area contributed by atoms with Gasteiger partial charge in [0.1, 0.15) is 5.75 Å². The van der Waals surface area contributed by atoms with E-state index in [1.165, 1.54) is 5.56 Å². The molecule has 0 saturated heterocycles. The van der Waals surface area contributed by atoms with Crippen LogP contribution in [-0.4, -0.2) is 22.6 Å². The number of allylic oxidation sites excluding steroid dienone is 4. The van der Waals surface area contributed by atoms with Crippen molar-refractivity contribution in [2.45, 2.75) is 85.8 Å². The second kappa shape index (κ2) is 9.82. The summed E-state index contributed by atoms with van der Waals surface area (Å²) in [5.41, 5.74) is 5.63. The third-order valence-corrected chi connectivity index (χ3v) is 8.48. The van der Waals surface area contributed by atoms with Gasteiger partial charge in [0.15, 0.2) is 11.6 Å². The Hall–Kier alpha value is -2.66. The number of halogens is 1. The normalized spacial score (nSPS) is 21.1. The minimum atomic E-state index is -0.358. The summed E-state index contributed by atoms with van der Waals surface area (Å²) in [5.74, 6) is 0.716. The van der Waals surface area contributed by atoms with Crippen LogP contribution in [0.25, 0.3) is 0 Å². The van der Waals surface area contributed by atoms with Crippen LogP contribution in [0.2, 0.25) is 0 Å². The second-order valence-corrected chi connectivity index (χ2v) is 13.8. The molecule has 0 bridgehead atoms. The molecule has 2 aromatic carbocycles. The van der Waals surface area contributed by atoms with Crippen LogP contribution in [0.1, 0.15) is 84.3 Å². The van der Waals surface area contributed by atoms with Crippen LogP contribution in [-0.2, 0) is 16.1 Å². The van der Waals surface area contributed by atoms with Crippen molar-refractivity contribution in [1.82, 2.24) is 4.90 Å². The summed E-state index contributed by atoms with van der Waals surface area (Å²) in [6, 6.07) is 16.4. The van der Waals surface area contributed by atoms with Crippen LogP contribution in [0.15, 0.2) is 75.5 Å². The average molecular weight is 577 g/mol. The number of carbonyl (C=O) groups is 2. The molecule has 0 unspecified atom stereocenters. The number of hydrogen-bond donors (Lipinski definition) is 0. The highest BCUT2D eigenvalue weighted by Crippen LogP contribution is 2.55. The molecule has 1 heterocycles. The molecule has 3 aliphatic rings. The monoisotopic (exact) mass is 575 g/mol. The van der Waals surface area contributed by atoms with E-state index in [0.29, 0.717) is 19.4 Å². The maximum absolute atomic E-state index is 14.0. The van der Waals surface area contributed by atoms with Gasteiger partial charge in [0.05, 0.1) is 10.6 Å². The van der Waals surface area contributed by atoms with E-state index >= 15 is 0 Å². The number of hydrogen-bond acceptors (Lipinski definition) is 4. The van der Waals surface area contributed by atoms with Crippen LogP contribution in [0.5, 0.6) is 5.75 Å². The fourth-order valence-electron chi connectivity index (χ4n) is 6.38. The Labute approximate surface area is 235 Å². The van der Waals surface area contributed by atoms with Gasteiger partial charge in [-0.05, 0) is 76.7 Å². The number of ether oxygens (including phenoxy) is 1. The van der Waals surface area contributed by atoms with Crippen molar-refractivity contribution in [3.63, 3.8) is 0 Å². The van der Waals surface area contributed by atoms with Crippen LogP contribution < -0.4 is 4.74 Å². The zero-order valence-electron chi connectivity index (χ0n) is 23.4. The lowest BCUT2D eigenvalue weighted by Gasteiger charge is -2.49. The molecule has 0 aromatic heterocycles. The molecule has 5 heteroatoms. The quantitative estimate of drug-likeness (QED) is 0.361. The second-order valence-electron chi connectivity index (χ2n) is 13.0. The van der Waals surface area contributed by atoms with E-state index in [0.717, 1.165) is 51.2 Å². The minimum absolute atomic E-state index is 0.0475. The predicted molar refractivity (Wildman–Crippen MR) is 155 cm³/mol. The Bertz CT molecular complexity index is 1300. The molecular formula is C33H38BrNO3. The Balaban J connectivity index is 1.73. The van der Waals surface area contributed by atoms with E-state index in [2.05, 4.69) is 72.8 Å². The largest absolute Gasteiger partial charge is 0.490 e. The highest BCUT2D eigenvalue weighted by atomic mass is 79.9. The molecule has 0 saturated carbocycles. The Kier molecular flexibility index (Phi) is 6.96. The Morgan fingerprint density at radius 1 is 0.868 bits per heavy atom. The van der Waals surface area contributed by atoms with Crippen LogP contribution in [0.3, 0.4) is 0 Å². The number of benzene rings is 2. The smallest absolute Gasteiger partial charge is 0.162 e. The first-order chi connectivity index (χ1) is 17.8. The molecule has 0 amide bonds. The number of rotatable bonds is 5. The van der Waals surface area contributed by atoms with E-state index in [4.69, 9.17) is 4.74 Å². The molecule has 0 fully saturated rings. The van der Waals surface area contributed by atoms with Crippen LogP contribution in [0.4, 0.5) is 0 Å². The molecule has 0 spiro atoms. The standard InChI is InChI=1S/C33H38BrNO3/c1-20(2)38-28-13-12-22(14-23(28)34)29-30-24(15-32(3,4)17-26(30)36)35(19-21-10-8-7-9-11-21)25-16-33(5,6)18-27(37)31(25)29/h7-14,20,29H,15-19H2,1-6H3. The summed E-state index contributed by atoms with van der Waals surface area (Å²) >= 11 is 3.70. The summed E-state index contributed by atoms with van der Waals surface area (Å²) in [7, 11) is 0. The van der Waals surface area contributed by atoms with Gasteiger partial charge in [-0.15, -0.1) is 0 Å². The van der Waals surface area contributed by atoms with Gasteiger partial charge in [0.2, 0.25) is 0 Å². The van der Waals surface area contributed by atoms with E-state index in [9.17, 15) is 9.59 Å². The third kappa shape index (κ3) is 5.14. The van der Waals surface area contributed by atoms with Gasteiger partial charge >= 0.3 is 0 Å². The molecule has 0 N–H and O–H groups in total. The van der Waals surface area contributed by atoms with Gasteiger partial charge in [-0.3, -0.25) is 9.59 Å². The number of carbonyl (C=O) groups excluding carboxylic acids is 2. The van der Waals surface area contributed by atoms with Gasteiger partial charge in [0, 0.05) is 47.8 Å². The first-order valence-corrected chi connectivity index (χ1v) is 14.4. The van der Waals surface area contributed by atoms with Crippen molar-refractivity contribution < 1.29 is 14.3 Å². The fraction of sp³-hybridized carbons (Fsp3) is 0.455. The lowest BCUT2D eigenvalue weighted by atomic mass is 9.63. The third-order valence-electron chi connectivity index (χ3n) is 7.86. The molecule has 38 heavy (non-hydrogen) atoms. The van der Waals surface area contributed by atoms with Crippen LogP contribution >= 0.6 is 15.9 Å². The molecule has 4 nitrogen and oxygen atoms in total.